The molecule has 1 unspecified atom stereocenters. The number of hydrogen-bond acceptors (Lipinski definition) is 2. The quantitative estimate of drug-likeness (QED) is 0.246. The van der Waals surface area contributed by atoms with Crippen molar-refractivity contribution in [3.63, 3.8) is 0 Å². The third-order valence-electron chi connectivity index (χ3n) is 7.99. The fourth-order valence-corrected chi connectivity index (χ4v) is 6.01. The van der Waals surface area contributed by atoms with E-state index >= 15 is 0 Å². The predicted octanol–water partition coefficient (Wildman–Crippen LogP) is 9.38. The molecule has 4 aromatic carbocycles. The van der Waals surface area contributed by atoms with Crippen molar-refractivity contribution in [3.8, 4) is 11.5 Å². The minimum atomic E-state index is 0.127. The molecule has 196 valence electrons. The van der Waals surface area contributed by atoms with Gasteiger partial charge in [0.2, 0.25) is 0 Å². The molecule has 2 nitrogen and oxygen atoms in total. The van der Waals surface area contributed by atoms with Gasteiger partial charge >= 0.3 is 0 Å². The average Bonchev–Trinajstić information content (AvgIpc) is 2.96. The van der Waals surface area contributed by atoms with Crippen molar-refractivity contribution in [1.82, 2.24) is 0 Å². The van der Waals surface area contributed by atoms with Crippen LogP contribution in [0.5, 0.6) is 11.5 Å². The molecule has 0 spiro atoms. The lowest BCUT2D eigenvalue weighted by molar-refractivity contribution is 0.305. The molecule has 0 amide bonds. The molecule has 39 heavy (non-hydrogen) atoms. The van der Waals surface area contributed by atoms with Crippen molar-refractivity contribution in [2.75, 3.05) is 0 Å². The highest BCUT2D eigenvalue weighted by Crippen LogP contribution is 2.47. The SMILES string of the molecule is CC1(C)C=C(Oc2ccc([C@H]3c4ccc(OCc5ccccc5)cc4CCC3c3ccccc3)cc2)C=CC1. The van der Waals surface area contributed by atoms with Crippen molar-refractivity contribution >= 4 is 0 Å². The van der Waals surface area contributed by atoms with Gasteiger partial charge in [0.15, 0.2) is 0 Å². The van der Waals surface area contributed by atoms with Gasteiger partial charge in [-0.25, -0.2) is 0 Å². The van der Waals surface area contributed by atoms with Crippen LogP contribution in [0.4, 0.5) is 0 Å². The molecule has 0 fully saturated rings. The van der Waals surface area contributed by atoms with Crippen LogP contribution in [-0.4, -0.2) is 0 Å². The highest BCUT2D eigenvalue weighted by Gasteiger charge is 2.32. The van der Waals surface area contributed by atoms with Crippen LogP contribution >= 0.6 is 0 Å². The summed E-state index contributed by atoms with van der Waals surface area (Å²) in [5.74, 6) is 3.44. The molecule has 2 atom stereocenters. The molecule has 2 aliphatic rings. The Morgan fingerprint density at radius 3 is 2.23 bits per heavy atom. The van der Waals surface area contributed by atoms with Gasteiger partial charge in [0.05, 0.1) is 0 Å². The normalized spacial score (nSPS) is 19.6. The highest BCUT2D eigenvalue weighted by molar-refractivity contribution is 5.48. The number of ether oxygens (including phenoxy) is 2. The molecular formula is C37H36O2. The molecule has 0 heterocycles. The number of rotatable bonds is 7. The zero-order chi connectivity index (χ0) is 26.7. The van der Waals surface area contributed by atoms with Crippen LogP contribution in [-0.2, 0) is 13.0 Å². The van der Waals surface area contributed by atoms with Crippen LogP contribution in [0.2, 0.25) is 0 Å². The highest BCUT2D eigenvalue weighted by atomic mass is 16.5. The van der Waals surface area contributed by atoms with E-state index in [9.17, 15) is 0 Å². The van der Waals surface area contributed by atoms with Crippen LogP contribution in [0.1, 0.15) is 66.3 Å². The molecule has 0 aliphatic heterocycles. The van der Waals surface area contributed by atoms with Crippen molar-refractivity contribution in [2.24, 2.45) is 5.41 Å². The molecule has 0 saturated carbocycles. The molecule has 6 rings (SSSR count). The molecule has 4 aromatic rings. The van der Waals surface area contributed by atoms with Gasteiger partial charge in [0, 0.05) is 5.92 Å². The van der Waals surface area contributed by atoms with E-state index in [4.69, 9.17) is 9.47 Å². The minimum Gasteiger partial charge on any atom is -0.489 e. The second-order valence-corrected chi connectivity index (χ2v) is 11.5. The van der Waals surface area contributed by atoms with Crippen molar-refractivity contribution < 1.29 is 9.47 Å². The Hall–Kier alpha value is -4.04. The van der Waals surface area contributed by atoms with E-state index in [0.29, 0.717) is 12.5 Å². The largest absolute Gasteiger partial charge is 0.489 e. The van der Waals surface area contributed by atoms with Gasteiger partial charge in [0.1, 0.15) is 23.9 Å². The molecule has 0 radical (unpaired) electrons. The van der Waals surface area contributed by atoms with E-state index in [1.165, 1.54) is 27.8 Å². The maximum atomic E-state index is 6.25. The standard InChI is InChI=1S/C37H36O2/c1-37(2)23-9-14-33(25-37)39-31-18-15-29(16-19-31)36-34(28-12-7-4-8-13-28)21-17-30-24-32(20-22-35(30)36)38-26-27-10-5-3-6-11-27/h3-16,18-20,22,24-25,34,36H,17,21,23,26H2,1-2H3/t34?,36-/m1/s1. The van der Waals surface area contributed by atoms with Gasteiger partial charge in [-0.1, -0.05) is 98.8 Å². The Labute approximate surface area is 232 Å². The maximum Gasteiger partial charge on any atom is 0.127 e. The van der Waals surface area contributed by atoms with Gasteiger partial charge < -0.3 is 9.47 Å². The lowest BCUT2D eigenvalue weighted by Crippen LogP contribution is -2.20. The van der Waals surface area contributed by atoms with Gasteiger partial charge in [-0.2, -0.15) is 0 Å². The minimum absolute atomic E-state index is 0.127. The first-order valence-corrected chi connectivity index (χ1v) is 14.1. The number of aryl methyl sites for hydroxylation is 1. The summed E-state index contributed by atoms with van der Waals surface area (Å²) in [6.07, 6.45) is 9.70. The van der Waals surface area contributed by atoms with Crippen LogP contribution in [0.25, 0.3) is 0 Å². The third kappa shape index (κ3) is 5.86. The molecule has 0 saturated heterocycles. The van der Waals surface area contributed by atoms with Gasteiger partial charge in [-0.05, 0) is 94.8 Å². The van der Waals surface area contributed by atoms with E-state index in [1.807, 2.05) is 6.07 Å². The van der Waals surface area contributed by atoms with Crippen LogP contribution < -0.4 is 9.47 Å². The summed E-state index contributed by atoms with van der Waals surface area (Å²) in [6.45, 7) is 5.07. The Morgan fingerprint density at radius 1 is 0.769 bits per heavy atom. The lowest BCUT2D eigenvalue weighted by Gasteiger charge is -2.35. The van der Waals surface area contributed by atoms with E-state index in [1.54, 1.807) is 0 Å². The maximum absolute atomic E-state index is 6.25. The van der Waals surface area contributed by atoms with E-state index in [-0.39, 0.29) is 11.3 Å². The number of benzene rings is 4. The summed E-state index contributed by atoms with van der Waals surface area (Å²) in [5, 5.41) is 0. The zero-order valence-electron chi connectivity index (χ0n) is 22.8. The second-order valence-electron chi connectivity index (χ2n) is 11.5. The van der Waals surface area contributed by atoms with Crippen molar-refractivity contribution in [1.29, 1.82) is 0 Å². The summed E-state index contributed by atoms with van der Waals surface area (Å²) in [6, 6.07) is 36.8. The molecule has 0 aromatic heterocycles. The Balaban J connectivity index is 1.28. The Bertz CT molecular complexity index is 1460. The van der Waals surface area contributed by atoms with E-state index in [2.05, 4.69) is 129 Å². The lowest BCUT2D eigenvalue weighted by atomic mass is 9.69. The molecular weight excluding hydrogens is 476 g/mol. The first-order valence-electron chi connectivity index (χ1n) is 14.1. The first kappa shape index (κ1) is 25.2. The summed E-state index contributed by atoms with van der Waals surface area (Å²) in [7, 11) is 0. The average molecular weight is 513 g/mol. The van der Waals surface area contributed by atoms with E-state index < -0.39 is 0 Å². The van der Waals surface area contributed by atoms with Crippen LogP contribution in [0.15, 0.2) is 127 Å². The Kier molecular flexibility index (Phi) is 7.11. The van der Waals surface area contributed by atoms with E-state index in [0.717, 1.165) is 36.5 Å². The number of fused-ring (bicyclic) bond motifs is 1. The van der Waals surface area contributed by atoms with Crippen molar-refractivity contribution in [3.05, 3.63) is 155 Å². The molecule has 2 aliphatic carbocycles. The third-order valence-corrected chi connectivity index (χ3v) is 7.99. The summed E-state index contributed by atoms with van der Waals surface area (Å²) >= 11 is 0. The summed E-state index contributed by atoms with van der Waals surface area (Å²) in [4.78, 5) is 0. The fraction of sp³-hybridized carbons (Fsp3) is 0.243. The smallest absolute Gasteiger partial charge is 0.127 e. The first-order chi connectivity index (χ1) is 19.0. The topological polar surface area (TPSA) is 18.5 Å². The van der Waals surface area contributed by atoms with Gasteiger partial charge in [0.25, 0.3) is 0 Å². The number of hydrogen-bond donors (Lipinski definition) is 0. The van der Waals surface area contributed by atoms with Crippen molar-refractivity contribution in [2.45, 2.75) is 51.6 Å². The zero-order valence-corrected chi connectivity index (χ0v) is 22.8. The second kappa shape index (κ2) is 11.0. The van der Waals surface area contributed by atoms with Gasteiger partial charge in [-0.3, -0.25) is 0 Å². The fourth-order valence-electron chi connectivity index (χ4n) is 6.01. The molecule has 0 N–H and O–H groups in total. The molecule has 0 bridgehead atoms. The van der Waals surface area contributed by atoms with Crippen LogP contribution in [0, 0.1) is 5.41 Å². The predicted molar refractivity (Wildman–Crippen MR) is 159 cm³/mol. The Morgan fingerprint density at radius 2 is 1.49 bits per heavy atom. The van der Waals surface area contributed by atoms with Gasteiger partial charge in [-0.15, -0.1) is 0 Å². The summed E-state index contributed by atoms with van der Waals surface area (Å²) in [5.41, 5.74) is 6.82. The monoisotopic (exact) mass is 512 g/mol. The molecule has 2 heteroatoms. The summed E-state index contributed by atoms with van der Waals surface area (Å²) < 4.78 is 12.4. The number of allylic oxidation sites excluding steroid dienone is 3. The van der Waals surface area contributed by atoms with Crippen LogP contribution in [0.3, 0.4) is 0 Å².